The second kappa shape index (κ2) is 7.37. The van der Waals surface area contributed by atoms with E-state index in [1.54, 1.807) is 11.3 Å². The first-order valence-corrected chi connectivity index (χ1v) is 8.67. The van der Waals surface area contributed by atoms with Crippen LogP contribution in [0.3, 0.4) is 0 Å². The first kappa shape index (κ1) is 16.3. The molecule has 0 atom stereocenters. The van der Waals surface area contributed by atoms with Crippen LogP contribution in [0.4, 0.5) is 0 Å². The van der Waals surface area contributed by atoms with Gasteiger partial charge in [0.25, 0.3) is 5.91 Å². The van der Waals surface area contributed by atoms with Crippen molar-refractivity contribution in [3.05, 3.63) is 40.5 Å². The van der Waals surface area contributed by atoms with Crippen molar-refractivity contribution in [2.75, 3.05) is 13.2 Å². The summed E-state index contributed by atoms with van der Waals surface area (Å²) in [6, 6.07) is 3.84. The molecule has 5 nitrogen and oxygen atoms in total. The van der Waals surface area contributed by atoms with Crippen LogP contribution in [0.25, 0.3) is 5.00 Å². The van der Waals surface area contributed by atoms with Gasteiger partial charge in [0.15, 0.2) is 6.61 Å². The molecular formula is C18H18N2O3S. The van der Waals surface area contributed by atoms with E-state index in [-0.39, 0.29) is 13.2 Å². The van der Waals surface area contributed by atoms with Crippen molar-refractivity contribution in [3.63, 3.8) is 0 Å². The van der Waals surface area contributed by atoms with Crippen molar-refractivity contribution >= 4 is 23.2 Å². The number of ether oxygens (including phenoxy) is 1. The Labute approximate surface area is 144 Å². The number of hydrogen-bond donors (Lipinski definition) is 1. The number of fused-ring (bicyclic) bond motifs is 1. The molecule has 2 aromatic heterocycles. The van der Waals surface area contributed by atoms with Gasteiger partial charge in [0.2, 0.25) is 0 Å². The van der Waals surface area contributed by atoms with Crippen LogP contribution in [0.15, 0.2) is 24.5 Å². The quantitative estimate of drug-likeness (QED) is 0.670. The average molecular weight is 342 g/mol. The minimum absolute atomic E-state index is 0.124. The van der Waals surface area contributed by atoms with Crippen LogP contribution < -0.4 is 5.32 Å². The number of carbonyl (C=O) groups excluding carboxylic acids is 2. The van der Waals surface area contributed by atoms with Gasteiger partial charge in [-0.05, 0) is 43.4 Å². The van der Waals surface area contributed by atoms with E-state index in [0.717, 1.165) is 36.2 Å². The lowest BCUT2D eigenvalue weighted by Gasteiger charge is -2.12. The molecule has 1 aliphatic carbocycles. The number of aromatic nitrogens is 1. The van der Waals surface area contributed by atoms with E-state index in [4.69, 9.17) is 11.2 Å². The Kier molecular flexibility index (Phi) is 5.02. The number of hydrogen-bond acceptors (Lipinski definition) is 4. The van der Waals surface area contributed by atoms with Gasteiger partial charge in [-0.3, -0.25) is 4.79 Å². The van der Waals surface area contributed by atoms with Gasteiger partial charge in [-0.1, -0.05) is 5.92 Å². The molecule has 2 aromatic rings. The Hall–Kier alpha value is -2.52. The SMILES string of the molecule is C#CCNC(=O)COC(=O)c1c(-n2cccc2)sc2c1CCCC2. The lowest BCUT2D eigenvalue weighted by atomic mass is 9.95. The van der Waals surface area contributed by atoms with Crippen LogP contribution >= 0.6 is 11.3 Å². The van der Waals surface area contributed by atoms with Gasteiger partial charge in [-0.2, -0.15) is 0 Å². The van der Waals surface area contributed by atoms with Crippen molar-refractivity contribution in [1.29, 1.82) is 0 Å². The molecule has 0 fully saturated rings. The number of esters is 1. The molecule has 2 heterocycles. The predicted molar refractivity (Wildman–Crippen MR) is 92.4 cm³/mol. The summed E-state index contributed by atoms with van der Waals surface area (Å²) in [5.74, 6) is 1.46. The lowest BCUT2D eigenvalue weighted by Crippen LogP contribution is -2.29. The van der Waals surface area contributed by atoms with Crippen LogP contribution in [0.5, 0.6) is 0 Å². The molecule has 0 saturated heterocycles. The Morgan fingerprint density at radius 2 is 2.04 bits per heavy atom. The van der Waals surface area contributed by atoms with Gasteiger partial charge in [0.1, 0.15) is 5.00 Å². The molecule has 1 aliphatic rings. The maximum absolute atomic E-state index is 12.6. The largest absolute Gasteiger partial charge is 0.452 e. The summed E-state index contributed by atoms with van der Waals surface area (Å²) in [5.41, 5.74) is 1.67. The van der Waals surface area contributed by atoms with E-state index in [1.165, 1.54) is 4.88 Å². The van der Waals surface area contributed by atoms with Crippen LogP contribution in [0.2, 0.25) is 0 Å². The summed E-state index contributed by atoms with van der Waals surface area (Å²) in [6.07, 6.45) is 13.0. The first-order chi connectivity index (χ1) is 11.7. The van der Waals surface area contributed by atoms with E-state index in [1.807, 2.05) is 29.1 Å². The molecule has 3 rings (SSSR count). The summed E-state index contributed by atoms with van der Waals surface area (Å²) in [6.45, 7) is -0.199. The summed E-state index contributed by atoms with van der Waals surface area (Å²) < 4.78 is 7.15. The molecule has 0 saturated carbocycles. The molecule has 0 aliphatic heterocycles. The highest BCUT2D eigenvalue weighted by Gasteiger charge is 2.27. The van der Waals surface area contributed by atoms with Gasteiger partial charge >= 0.3 is 5.97 Å². The monoisotopic (exact) mass is 342 g/mol. The van der Waals surface area contributed by atoms with E-state index in [0.29, 0.717) is 5.56 Å². The Bertz CT molecular complexity index is 784. The molecule has 0 unspecified atom stereocenters. The maximum atomic E-state index is 12.6. The van der Waals surface area contributed by atoms with Crippen LogP contribution in [-0.2, 0) is 22.4 Å². The van der Waals surface area contributed by atoms with Crippen molar-refractivity contribution in [2.24, 2.45) is 0 Å². The van der Waals surface area contributed by atoms with Crippen molar-refractivity contribution in [1.82, 2.24) is 9.88 Å². The Balaban J connectivity index is 1.83. The summed E-state index contributed by atoms with van der Waals surface area (Å²) >= 11 is 1.63. The number of terminal acetylenes is 1. The number of nitrogens with one attached hydrogen (secondary N) is 1. The first-order valence-electron chi connectivity index (χ1n) is 7.86. The molecular weight excluding hydrogens is 324 g/mol. The molecule has 1 N–H and O–H groups in total. The molecule has 124 valence electrons. The average Bonchev–Trinajstić information content (AvgIpc) is 3.24. The fraction of sp³-hybridized carbons (Fsp3) is 0.333. The van der Waals surface area contributed by atoms with E-state index in [2.05, 4.69) is 11.2 Å². The van der Waals surface area contributed by atoms with E-state index in [9.17, 15) is 9.59 Å². The van der Waals surface area contributed by atoms with Gasteiger partial charge < -0.3 is 14.6 Å². The van der Waals surface area contributed by atoms with Gasteiger partial charge in [0.05, 0.1) is 12.1 Å². The predicted octanol–water partition coefficient (Wildman–Crippen LogP) is 2.32. The number of carbonyl (C=O) groups is 2. The van der Waals surface area contributed by atoms with Gasteiger partial charge in [-0.25, -0.2) is 4.79 Å². The highest BCUT2D eigenvalue weighted by Crippen LogP contribution is 2.37. The normalized spacial score (nSPS) is 13.0. The second-order valence-corrected chi connectivity index (χ2v) is 6.62. The third-order valence-corrected chi connectivity index (χ3v) is 5.22. The number of rotatable bonds is 5. The molecule has 0 spiro atoms. The van der Waals surface area contributed by atoms with Crippen LogP contribution in [0, 0.1) is 12.3 Å². The molecule has 0 radical (unpaired) electrons. The maximum Gasteiger partial charge on any atom is 0.341 e. The fourth-order valence-corrected chi connectivity index (χ4v) is 4.16. The zero-order valence-corrected chi connectivity index (χ0v) is 14.0. The zero-order valence-electron chi connectivity index (χ0n) is 13.2. The van der Waals surface area contributed by atoms with Crippen molar-refractivity contribution in [3.8, 4) is 17.3 Å². The van der Waals surface area contributed by atoms with Crippen molar-refractivity contribution < 1.29 is 14.3 Å². The van der Waals surface area contributed by atoms with Crippen LogP contribution in [0.1, 0.15) is 33.6 Å². The van der Waals surface area contributed by atoms with Crippen molar-refractivity contribution in [2.45, 2.75) is 25.7 Å². The number of amides is 1. The van der Waals surface area contributed by atoms with Crippen LogP contribution in [-0.4, -0.2) is 29.6 Å². The number of aryl methyl sites for hydroxylation is 1. The molecule has 24 heavy (non-hydrogen) atoms. The highest BCUT2D eigenvalue weighted by molar-refractivity contribution is 7.15. The highest BCUT2D eigenvalue weighted by atomic mass is 32.1. The standard InChI is InChI=1S/C18H18N2O3S/c1-2-9-19-15(21)12-23-18(22)16-13-7-3-4-8-14(13)24-17(16)20-10-5-6-11-20/h1,5-6,10-11H,3-4,7-9,12H2,(H,19,21). The Morgan fingerprint density at radius 1 is 1.29 bits per heavy atom. The van der Waals surface area contributed by atoms with Gasteiger partial charge in [-0.15, -0.1) is 17.8 Å². The van der Waals surface area contributed by atoms with E-state index < -0.39 is 11.9 Å². The van der Waals surface area contributed by atoms with Gasteiger partial charge in [0, 0.05) is 17.3 Å². The summed E-state index contributed by atoms with van der Waals surface area (Å²) in [4.78, 5) is 25.5. The molecule has 1 amide bonds. The minimum Gasteiger partial charge on any atom is -0.452 e. The van der Waals surface area contributed by atoms with E-state index >= 15 is 0 Å². The topological polar surface area (TPSA) is 60.3 Å². The number of nitrogens with zero attached hydrogens (tertiary/aromatic N) is 1. The summed E-state index contributed by atoms with van der Waals surface area (Å²) in [7, 11) is 0. The molecule has 0 aromatic carbocycles. The Morgan fingerprint density at radius 3 is 2.79 bits per heavy atom. The fourth-order valence-electron chi connectivity index (χ4n) is 2.82. The third-order valence-electron chi connectivity index (χ3n) is 3.92. The smallest absolute Gasteiger partial charge is 0.341 e. The summed E-state index contributed by atoms with van der Waals surface area (Å²) in [5, 5.41) is 3.34. The third kappa shape index (κ3) is 3.36. The molecule has 0 bridgehead atoms. The number of thiophene rings is 1. The lowest BCUT2D eigenvalue weighted by molar-refractivity contribution is -0.123. The second-order valence-electron chi connectivity index (χ2n) is 5.54. The molecule has 6 heteroatoms. The zero-order chi connectivity index (χ0) is 16.9. The minimum atomic E-state index is -0.450.